The number of unbranched alkanes of at least 4 members (excludes halogenated alkanes) is 14. The highest BCUT2D eigenvalue weighted by molar-refractivity contribution is 6.50. The van der Waals surface area contributed by atoms with Crippen LogP contribution in [0, 0.1) is 46.3 Å². The fourth-order valence-electron chi connectivity index (χ4n) is 12.7. The van der Waals surface area contributed by atoms with Gasteiger partial charge in [-0.15, -0.1) is 23.2 Å². The van der Waals surface area contributed by atoms with Crippen LogP contribution in [0.25, 0.3) is 0 Å². The summed E-state index contributed by atoms with van der Waals surface area (Å²) in [6.07, 6.45) is 50.7. The van der Waals surface area contributed by atoms with E-state index in [2.05, 4.69) is 13.8 Å². The number of rotatable bonds is 20. The third kappa shape index (κ3) is 10.4. The van der Waals surface area contributed by atoms with Gasteiger partial charge in [-0.2, -0.15) is 0 Å². The summed E-state index contributed by atoms with van der Waals surface area (Å²) in [6.45, 7) is 4.64. The zero-order valence-electron chi connectivity index (χ0n) is 32.5. The summed E-state index contributed by atoms with van der Waals surface area (Å²) in [5, 5.41) is 0. The van der Waals surface area contributed by atoms with E-state index in [1.807, 2.05) is 0 Å². The average molecular weight is 706 g/mol. The Morgan fingerprint density at radius 2 is 0.667 bits per heavy atom. The molecule has 0 saturated heterocycles. The van der Waals surface area contributed by atoms with Gasteiger partial charge in [0.25, 0.3) is 0 Å². The molecular weight excluding hydrogens is 623 g/mol. The van der Waals surface area contributed by atoms with Gasteiger partial charge < -0.3 is 0 Å². The molecule has 0 heterocycles. The van der Waals surface area contributed by atoms with Crippen LogP contribution in [0.5, 0.6) is 0 Å². The van der Waals surface area contributed by atoms with Crippen LogP contribution >= 0.6 is 23.2 Å². The molecule has 5 saturated carbocycles. The first kappa shape index (κ1) is 39.8. The second-order valence-corrected chi connectivity index (χ2v) is 20.4. The van der Waals surface area contributed by atoms with Crippen LogP contribution in [-0.2, 0) is 0 Å². The highest BCUT2D eigenvalue weighted by Gasteiger charge is 2.72. The van der Waals surface area contributed by atoms with Crippen LogP contribution in [0.3, 0.4) is 0 Å². The first-order valence-electron chi connectivity index (χ1n) is 22.8. The highest BCUT2D eigenvalue weighted by Crippen LogP contribution is 2.77. The van der Waals surface area contributed by atoms with Gasteiger partial charge in [0.15, 0.2) is 0 Å². The molecule has 0 aliphatic heterocycles. The van der Waals surface area contributed by atoms with Crippen LogP contribution < -0.4 is 0 Å². The second kappa shape index (κ2) is 20.1. The first-order valence-corrected chi connectivity index (χ1v) is 23.6. The molecule has 2 heteroatoms. The summed E-state index contributed by atoms with van der Waals surface area (Å²) >= 11 is 15.1. The lowest BCUT2D eigenvalue weighted by Gasteiger charge is -2.69. The van der Waals surface area contributed by atoms with Crippen LogP contribution in [0.15, 0.2) is 0 Å². The van der Waals surface area contributed by atoms with Gasteiger partial charge in [0.05, 0.1) is 0 Å². The molecule has 0 atom stereocenters. The molecule has 0 radical (unpaired) electrons. The predicted molar refractivity (Wildman–Crippen MR) is 213 cm³/mol. The van der Waals surface area contributed by atoms with Crippen molar-refractivity contribution in [1.82, 2.24) is 0 Å². The van der Waals surface area contributed by atoms with Gasteiger partial charge in [-0.25, -0.2) is 0 Å². The van der Waals surface area contributed by atoms with Crippen LogP contribution in [0.1, 0.15) is 239 Å². The lowest BCUT2D eigenvalue weighted by atomic mass is 9.42. The van der Waals surface area contributed by atoms with E-state index < -0.39 is 4.33 Å². The molecule has 280 valence electrons. The molecule has 48 heavy (non-hydrogen) atoms. The summed E-state index contributed by atoms with van der Waals surface area (Å²) in [5.74, 6) is 5.98. The molecule has 0 aromatic heterocycles. The lowest BCUT2D eigenvalue weighted by Crippen LogP contribution is -2.66. The van der Waals surface area contributed by atoms with Crippen molar-refractivity contribution in [1.29, 1.82) is 0 Å². The van der Waals surface area contributed by atoms with Crippen LogP contribution in [0.4, 0.5) is 0 Å². The number of halogens is 2. The molecule has 0 amide bonds. The maximum absolute atomic E-state index is 7.55. The molecule has 2 spiro atoms. The smallest absolute Gasteiger partial charge is 0.100 e. The van der Waals surface area contributed by atoms with Gasteiger partial charge in [-0.1, -0.05) is 155 Å². The molecule has 5 aliphatic carbocycles. The molecule has 0 aromatic carbocycles. The maximum atomic E-state index is 7.55. The van der Waals surface area contributed by atoms with Crippen molar-refractivity contribution >= 4 is 23.2 Å². The maximum Gasteiger partial charge on any atom is 0.129 e. The van der Waals surface area contributed by atoms with Gasteiger partial charge in [-0.3, -0.25) is 0 Å². The zero-order valence-corrected chi connectivity index (χ0v) is 34.0. The summed E-state index contributed by atoms with van der Waals surface area (Å²) in [7, 11) is 0. The van der Waals surface area contributed by atoms with E-state index in [1.165, 1.54) is 225 Å². The second-order valence-electron chi connectivity index (χ2n) is 19.1. The molecule has 0 nitrogen and oxygen atoms in total. The largest absolute Gasteiger partial charge is 0.129 e. The minimum absolute atomic E-state index is 0.237. The van der Waals surface area contributed by atoms with Crippen molar-refractivity contribution in [3.8, 4) is 0 Å². The Kier molecular flexibility index (Phi) is 16.7. The normalized spacial score (nSPS) is 36.8. The zero-order chi connectivity index (χ0) is 33.7. The summed E-state index contributed by atoms with van der Waals surface area (Å²) in [6, 6.07) is 0. The van der Waals surface area contributed by atoms with E-state index in [0.717, 1.165) is 35.5 Å². The summed E-state index contributed by atoms with van der Waals surface area (Å²) in [4.78, 5) is 0. The third-order valence-electron chi connectivity index (χ3n) is 16.0. The molecule has 0 aromatic rings. The topological polar surface area (TPSA) is 0 Å². The monoisotopic (exact) mass is 705 g/mol. The third-order valence-corrected chi connectivity index (χ3v) is 17.6. The average Bonchev–Trinajstić information content (AvgIpc) is 3.12. The van der Waals surface area contributed by atoms with E-state index in [0.29, 0.717) is 0 Å². The number of hydrogen-bond acceptors (Lipinski definition) is 0. The highest BCUT2D eigenvalue weighted by atomic mass is 35.5. The van der Waals surface area contributed by atoms with E-state index in [9.17, 15) is 0 Å². The molecule has 5 fully saturated rings. The molecule has 0 N–H and O–H groups in total. The minimum Gasteiger partial charge on any atom is -0.100 e. The quantitative estimate of drug-likeness (QED) is 0.0874. The molecule has 5 rings (SSSR count). The van der Waals surface area contributed by atoms with Crippen molar-refractivity contribution in [3.05, 3.63) is 0 Å². The van der Waals surface area contributed by atoms with Gasteiger partial charge in [0.1, 0.15) is 4.33 Å². The van der Waals surface area contributed by atoms with Crippen molar-refractivity contribution < 1.29 is 0 Å². The van der Waals surface area contributed by atoms with E-state index in [1.54, 1.807) is 0 Å². The van der Waals surface area contributed by atoms with Crippen molar-refractivity contribution in [2.24, 2.45) is 46.3 Å². The van der Waals surface area contributed by atoms with Gasteiger partial charge in [-0.05, 0) is 119 Å². The Balaban J connectivity index is 0.928. The number of hydrogen-bond donors (Lipinski definition) is 0. The fraction of sp³-hybridized carbons (Fsp3) is 1.00. The minimum atomic E-state index is -0.461. The molecular formula is C46H82Cl2. The van der Waals surface area contributed by atoms with E-state index in [4.69, 9.17) is 23.2 Å². The Bertz CT molecular complexity index is 777. The summed E-state index contributed by atoms with van der Waals surface area (Å²) < 4.78 is -0.461. The lowest BCUT2D eigenvalue weighted by molar-refractivity contribution is -0.122. The van der Waals surface area contributed by atoms with Gasteiger partial charge >= 0.3 is 0 Å². The predicted octanol–water partition coefficient (Wildman–Crippen LogP) is 16.6. The van der Waals surface area contributed by atoms with Gasteiger partial charge in [0, 0.05) is 10.8 Å². The van der Waals surface area contributed by atoms with Crippen LogP contribution in [-0.4, -0.2) is 4.33 Å². The fourth-order valence-corrected chi connectivity index (χ4v) is 13.7. The van der Waals surface area contributed by atoms with Gasteiger partial charge in [0.2, 0.25) is 0 Å². The van der Waals surface area contributed by atoms with E-state index >= 15 is 0 Å². The van der Waals surface area contributed by atoms with Crippen LogP contribution in [0.2, 0.25) is 0 Å². The molecule has 0 unspecified atom stereocenters. The Morgan fingerprint density at radius 1 is 0.375 bits per heavy atom. The first-order chi connectivity index (χ1) is 23.4. The van der Waals surface area contributed by atoms with Crippen molar-refractivity contribution in [3.63, 3.8) is 0 Å². The van der Waals surface area contributed by atoms with Crippen molar-refractivity contribution in [2.75, 3.05) is 0 Å². The number of alkyl halides is 2. The summed E-state index contributed by atoms with van der Waals surface area (Å²) in [5.41, 5.74) is 0.474. The van der Waals surface area contributed by atoms with E-state index in [-0.39, 0.29) is 10.8 Å². The Morgan fingerprint density at radius 3 is 0.979 bits per heavy atom. The Hall–Kier alpha value is 0.580. The SMILES string of the molecule is CCCCCCCCCC[C@H]1CC[C@H](C2CCC3(CC2)CC2(CCC([C@H]4CC[C@H](CCCCCCCCCC)CC4)CC2)C3(Cl)Cl)CC1. The van der Waals surface area contributed by atoms with Crippen molar-refractivity contribution in [2.45, 2.75) is 243 Å². The molecule has 0 bridgehead atoms. The standard InChI is InChI=1S/C46H82Cl2/c1-3-5-7-9-11-13-15-17-19-38-21-25-40(26-22-38)42-29-33-44(34-30-42)37-45(46(44,47)48)35-31-43(32-36-45)41-27-23-39(24-28-41)20-18-16-14-12-10-8-6-4-2/h38-43H,3-37H2,1-2H3/t38-,39-,40-,41-,42?,43?,44?,45?. The molecule has 5 aliphatic rings. The Labute approximate surface area is 311 Å².